The highest BCUT2D eigenvalue weighted by Crippen LogP contribution is 2.06. The van der Waals surface area contributed by atoms with Gasteiger partial charge in [-0.2, -0.15) is 0 Å². The average molecular weight is 279 g/mol. The summed E-state index contributed by atoms with van der Waals surface area (Å²) in [6.45, 7) is 1.79. The maximum Gasteiger partial charge on any atom is 0.326 e. The van der Waals surface area contributed by atoms with Crippen LogP contribution in [-0.2, 0) is 16.0 Å². The van der Waals surface area contributed by atoms with Gasteiger partial charge in [-0.05, 0) is 37.5 Å². The van der Waals surface area contributed by atoms with Crippen LogP contribution in [0.3, 0.4) is 0 Å². The summed E-state index contributed by atoms with van der Waals surface area (Å²) in [5, 5.41) is 11.4. The molecule has 1 amide bonds. The maximum absolute atomic E-state index is 12.7. The van der Waals surface area contributed by atoms with Crippen LogP contribution in [0.4, 0.5) is 4.39 Å². The summed E-state index contributed by atoms with van der Waals surface area (Å²) in [5.74, 6) is -1.71. The second-order valence-electron chi connectivity index (χ2n) is 4.39. The Morgan fingerprint density at radius 2 is 2.00 bits per heavy atom. The molecule has 0 bridgehead atoms. The molecule has 1 unspecified atom stereocenters. The summed E-state index contributed by atoms with van der Waals surface area (Å²) in [6, 6.07) is 4.97. The fourth-order valence-electron chi connectivity index (χ4n) is 1.67. The molecule has 20 heavy (non-hydrogen) atoms. The molecule has 0 aliphatic carbocycles. The topological polar surface area (TPSA) is 66.4 Å². The summed E-state index contributed by atoms with van der Waals surface area (Å²) < 4.78 is 12.7. The highest BCUT2D eigenvalue weighted by molar-refractivity contribution is 5.83. The Hall–Kier alpha value is -2.17. The molecule has 0 saturated heterocycles. The van der Waals surface area contributed by atoms with Crippen LogP contribution < -0.4 is 5.32 Å². The second kappa shape index (κ2) is 8.09. The van der Waals surface area contributed by atoms with Gasteiger partial charge in [0.05, 0.1) is 0 Å². The molecule has 0 saturated carbocycles. The second-order valence-corrected chi connectivity index (χ2v) is 4.39. The van der Waals surface area contributed by atoms with Crippen LogP contribution in [0, 0.1) is 5.82 Å². The standard InChI is InChI=1S/C15H18FNO3/c1-2-3-4-13(15(19)20)17-14(18)10-7-11-5-8-12(16)9-6-11/h2-3,5-6,8-9,13H,4,7,10H2,1H3,(H,17,18)(H,19,20)/b3-2+. The van der Waals surface area contributed by atoms with E-state index in [0.717, 1.165) is 5.56 Å². The molecule has 0 aromatic heterocycles. The molecule has 1 aromatic carbocycles. The quantitative estimate of drug-likeness (QED) is 0.753. The average Bonchev–Trinajstić information content (AvgIpc) is 2.42. The number of halogens is 1. The first kappa shape index (κ1) is 15.9. The number of hydrogen-bond acceptors (Lipinski definition) is 2. The van der Waals surface area contributed by atoms with Gasteiger partial charge in [0.15, 0.2) is 0 Å². The number of hydrogen-bond donors (Lipinski definition) is 2. The molecule has 1 atom stereocenters. The molecule has 0 aliphatic heterocycles. The number of benzene rings is 1. The van der Waals surface area contributed by atoms with Crippen molar-refractivity contribution >= 4 is 11.9 Å². The molecule has 1 rings (SSSR count). The van der Waals surface area contributed by atoms with Crippen molar-refractivity contribution in [2.45, 2.75) is 32.2 Å². The zero-order valence-electron chi connectivity index (χ0n) is 11.3. The molecular weight excluding hydrogens is 261 g/mol. The molecule has 108 valence electrons. The van der Waals surface area contributed by atoms with Crippen LogP contribution in [-0.4, -0.2) is 23.0 Å². The van der Waals surface area contributed by atoms with Crippen molar-refractivity contribution in [3.63, 3.8) is 0 Å². The van der Waals surface area contributed by atoms with E-state index < -0.39 is 12.0 Å². The van der Waals surface area contributed by atoms with Crippen molar-refractivity contribution in [1.82, 2.24) is 5.32 Å². The van der Waals surface area contributed by atoms with Crippen LogP contribution >= 0.6 is 0 Å². The summed E-state index contributed by atoms with van der Waals surface area (Å²) in [4.78, 5) is 22.7. The van der Waals surface area contributed by atoms with Gasteiger partial charge < -0.3 is 10.4 Å². The van der Waals surface area contributed by atoms with E-state index in [1.54, 1.807) is 31.2 Å². The minimum absolute atomic E-state index is 0.172. The number of aliphatic carboxylic acids is 1. The molecule has 0 spiro atoms. The molecular formula is C15H18FNO3. The van der Waals surface area contributed by atoms with Gasteiger partial charge in [0.25, 0.3) is 0 Å². The Morgan fingerprint density at radius 3 is 2.55 bits per heavy atom. The molecule has 0 radical (unpaired) electrons. The van der Waals surface area contributed by atoms with E-state index in [0.29, 0.717) is 6.42 Å². The van der Waals surface area contributed by atoms with Gasteiger partial charge in [-0.25, -0.2) is 9.18 Å². The fourth-order valence-corrected chi connectivity index (χ4v) is 1.67. The van der Waals surface area contributed by atoms with Gasteiger partial charge >= 0.3 is 5.97 Å². The van der Waals surface area contributed by atoms with Crippen molar-refractivity contribution in [2.75, 3.05) is 0 Å². The third-order valence-electron chi connectivity index (χ3n) is 2.79. The number of nitrogens with one attached hydrogen (secondary N) is 1. The van der Waals surface area contributed by atoms with E-state index in [4.69, 9.17) is 5.11 Å². The molecule has 4 nitrogen and oxygen atoms in total. The molecule has 0 heterocycles. The monoisotopic (exact) mass is 279 g/mol. The third kappa shape index (κ3) is 5.65. The lowest BCUT2D eigenvalue weighted by molar-refractivity contribution is -0.141. The number of rotatable bonds is 7. The molecule has 0 fully saturated rings. The van der Waals surface area contributed by atoms with Gasteiger partial charge in [-0.15, -0.1) is 0 Å². The van der Waals surface area contributed by atoms with Crippen molar-refractivity contribution in [3.8, 4) is 0 Å². The minimum atomic E-state index is -1.06. The van der Waals surface area contributed by atoms with Crippen molar-refractivity contribution in [1.29, 1.82) is 0 Å². The van der Waals surface area contributed by atoms with Gasteiger partial charge in [-0.1, -0.05) is 24.3 Å². The Labute approximate surface area is 117 Å². The summed E-state index contributed by atoms with van der Waals surface area (Å²) in [7, 11) is 0. The molecule has 2 N–H and O–H groups in total. The van der Waals surface area contributed by atoms with Gasteiger partial charge in [-0.3, -0.25) is 4.79 Å². The Balaban J connectivity index is 2.45. The Bertz CT molecular complexity index is 482. The number of aryl methyl sites for hydroxylation is 1. The zero-order valence-corrected chi connectivity index (χ0v) is 11.3. The summed E-state index contributed by atoms with van der Waals surface area (Å²) in [6.07, 6.45) is 4.31. The number of carbonyl (C=O) groups is 2. The van der Waals surface area contributed by atoms with Crippen LogP contribution in [0.25, 0.3) is 0 Å². The Morgan fingerprint density at radius 1 is 1.35 bits per heavy atom. The highest BCUT2D eigenvalue weighted by Gasteiger charge is 2.17. The zero-order chi connectivity index (χ0) is 15.0. The number of amides is 1. The molecule has 1 aromatic rings. The summed E-state index contributed by atoms with van der Waals surface area (Å²) >= 11 is 0. The predicted octanol–water partition coefficient (Wildman–Crippen LogP) is 2.29. The number of allylic oxidation sites excluding steroid dienone is 1. The van der Waals surface area contributed by atoms with E-state index in [1.807, 2.05) is 0 Å². The first-order valence-electron chi connectivity index (χ1n) is 6.40. The maximum atomic E-state index is 12.7. The lowest BCUT2D eigenvalue weighted by atomic mass is 10.1. The number of carbonyl (C=O) groups excluding carboxylic acids is 1. The number of carboxylic acid groups (broad SMARTS) is 1. The normalized spacial score (nSPS) is 12.3. The third-order valence-corrected chi connectivity index (χ3v) is 2.79. The van der Waals surface area contributed by atoms with Crippen molar-refractivity contribution in [2.24, 2.45) is 0 Å². The van der Waals surface area contributed by atoms with Gasteiger partial charge in [0.1, 0.15) is 11.9 Å². The smallest absolute Gasteiger partial charge is 0.326 e. The van der Waals surface area contributed by atoms with Crippen molar-refractivity contribution < 1.29 is 19.1 Å². The van der Waals surface area contributed by atoms with Gasteiger partial charge in [0.2, 0.25) is 5.91 Å². The molecule has 0 aliphatic rings. The van der Waals surface area contributed by atoms with E-state index in [1.165, 1.54) is 12.1 Å². The van der Waals surface area contributed by atoms with E-state index in [2.05, 4.69) is 5.32 Å². The Kier molecular flexibility index (Phi) is 6.43. The lowest BCUT2D eigenvalue weighted by Gasteiger charge is -2.12. The minimum Gasteiger partial charge on any atom is -0.480 e. The largest absolute Gasteiger partial charge is 0.480 e. The number of carboxylic acids is 1. The lowest BCUT2D eigenvalue weighted by Crippen LogP contribution is -2.40. The van der Waals surface area contributed by atoms with E-state index in [9.17, 15) is 14.0 Å². The summed E-state index contributed by atoms with van der Waals surface area (Å²) in [5.41, 5.74) is 0.835. The van der Waals surface area contributed by atoms with Gasteiger partial charge in [0, 0.05) is 6.42 Å². The van der Waals surface area contributed by atoms with E-state index in [-0.39, 0.29) is 24.6 Å². The first-order chi connectivity index (χ1) is 9.52. The highest BCUT2D eigenvalue weighted by atomic mass is 19.1. The fraction of sp³-hybridized carbons (Fsp3) is 0.333. The predicted molar refractivity (Wildman–Crippen MR) is 73.7 cm³/mol. The molecule has 5 heteroatoms. The van der Waals surface area contributed by atoms with Crippen LogP contribution in [0.15, 0.2) is 36.4 Å². The van der Waals surface area contributed by atoms with Crippen molar-refractivity contribution in [3.05, 3.63) is 47.8 Å². The van der Waals surface area contributed by atoms with Crippen LogP contribution in [0.5, 0.6) is 0 Å². The van der Waals surface area contributed by atoms with Crippen LogP contribution in [0.1, 0.15) is 25.3 Å². The van der Waals surface area contributed by atoms with Crippen LogP contribution in [0.2, 0.25) is 0 Å². The first-order valence-corrected chi connectivity index (χ1v) is 6.40. The van der Waals surface area contributed by atoms with E-state index >= 15 is 0 Å². The SMILES string of the molecule is C/C=C/CC(NC(=O)CCc1ccc(F)cc1)C(=O)O.